The first-order valence-electron chi connectivity index (χ1n) is 6.53. The van der Waals surface area contributed by atoms with E-state index in [9.17, 15) is 13.2 Å². The van der Waals surface area contributed by atoms with Gasteiger partial charge in [0.15, 0.2) is 0 Å². The smallest absolute Gasteiger partial charge is 0.251 e. The third-order valence-electron chi connectivity index (χ3n) is 3.93. The summed E-state index contributed by atoms with van der Waals surface area (Å²) in [6.45, 7) is 2.02. The predicted octanol–water partition coefficient (Wildman–Crippen LogP) is 2.81. The van der Waals surface area contributed by atoms with Crippen molar-refractivity contribution in [2.75, 3.05) is 0 Å². The zero-order valence-electron chi connectivity index (χ0n) is 11.4. The van der Waals surface area contributed by atoms with E-state index in [0.29, 0.717) is 0 Å². The van der Waals surface area contributed by atoms with Crippen molar-refractivity contribution in [3.05, 3.63) is 27.2 Å². The molecule has 0 atom stereocenters. The highest BCUT2D eigenvalue weighted by molar-refractivity contribution is 9.10. The molecule has 1 aromatic carbocycles. The number of nitrogens with one attached hydrogen (secondary N) is 1. The highest BCUT2D eigenvalue weighted by Crippen LogP contribution is 2.35. The molecule has 1 aromatic rings. The summed E-state index contributed by atoms with van der Waals surface area (Å²) in [5, 5.41) is 8.24. The fraction of sp³-hybridized carbons (Fsp3) is 0.462. The number of hydrogen-bond acceptors (Lipinski definition) is 3. The van der Waals surface area contributed by atoms with Crippen molar-refractivity contribution >= 4 is 43.5 Å². The van der Waals surface area contributed by atoms with Crippen LogP contribution >= 0.6 is 27.5 Å². The van der Waals surface area contributed by atoms with Gasteiger partial charge in [-0.1, -0.05) is 18.5 Å². The molecule has 0 saturated heterocycles. The fourth-order valence-corrected chi connectivity index (χ4v) is 4.22. The molecule has 2 rings (SSSR count). The quantitative estimate of drug-likeness (QED) is 0.821. The van der Waals surface area contributed by atoms with Gasteiger partial charge in [0.25, 0.3) is 5.91 Å². The van der Waals surface area contributed by atoms with Gasteiger partial charge in [0.1, 0.15) is 0 Å². The maximum Gasteiger partial charge on any atom is 0.251 e. The predicted molar refractivity (Wildman–Crippen MR) is 84.9 cm³/mol. The Kier molecular flexibility index (Phi) is 4.68. The molecule has 0 aliphatic heterocycles. The van der Waals surface area contributed by atoms with Crippen LogP contribution in [-0.2, 0) is 10.0 Å². The molecule has 1 saturated carbocycles. The number of hydrogen-bond donors (Lipinski definition) is 2. The first kappa shape index (κ1) is 16.7. The summed E-state index contributed by atoms with van der Waals surface area (Å²) >= 11 is 9.05. The number of halogens is 2. The van der Waals surface area contributed by atoms with Crippen LogP contribution in [0.4, 0.5) is 0 Å². The van der Waals surface area contributed by atoms with E-state index in [-0.39, 0.29) is 31.4 Å². The second-order valence-electron chi connectivity index (χ2n) is 5.26. The molecule has 116 valence electrons. The monoisotopic (exact) mass is 394 g/mol. The van der Waals surface area contributed by atoms with Crippen LogP contribution < -0.4 is 10.5 Å². The number of benzene rings is 1. The Labute approximate surface area is 137 Å². The van der Waals surface area contributed by atoms with E-state index in [2.05, 4.69) is 21.2 Å². The second-order valence-corrected chi connectivity index (χ2v) is 7.99. The minimum absolute atomic E-state index is 0.130. The molecule has 21 heavy (non-hydrogen) atoms. The maximum absolute atomic E-state index is 12.3. The van der Waals surface area contributed by atoms with E-state index in [4.69, 9.17) is 16.7 Å². The van der Waals surface area contributed by atoms with E-state index in [1.165, 1.54) is 12.1 Å². The molecule has 1 aliphatic carbocycles. The zero-order valence-corrected chi connectivity index (χ0v) is 14.6. The van der Waals surface area contributed by atoms with Crippen LogP contribution in [0.3, 0.4) is 0 Å². The summed E-state index contributed by atoms with van der Waals surface area (Å²) in [6, 6.07) is 2.67. The van der Waals surface area contributed by atoms with E-state index in [1.54, 1.807) is 0 Å². The highest BCUT2D eigenvalue weighted by atomic mass is 79.9. The lowest BCUT2D eigenvalue weighted by atomic mass is 9.74. The molecule has 0 radical (unpaired) electrons. The second kappa shape index (κ2) is 5.87. The van der Waals surface area contributed by atoms with Crippen LogP contribution in [0.1, 0.15) is 43.0 Å². The molecule has 0 heterocycles. The van der Waals surface area contributed by atoms with Crippen molar-refractivity contribution in [1.29, 1.82) is 0 Å². The third kappa shape index (κ3) is 3.41. The minimum Gasteiger partial charge on any atom is -0.347 e. The number of nitrogens with two attached hydrogens (primary N) is 1. The van der Waals surface area contributed by atoms with Gasteiger partial charge in [-0.05, 0) is 53.7 Å². The number of primary sulfonamides is 1. The first-order valence-corrected chi connectivity index (χ1v) is 9.24. The molecule has 1 amide bonds. The maximum atomic E-state index is 12.3. The Morgan fingerprint density at radius 3 is 2.52 bits per heavy atom. The summed E-state index contributed by atoms with van der Waals surface area (Å²) in [4.78, 5) is 12.1. The molecule has 0 spiro atoms. The Bertz CT molecular complexity index is 681. The van der Waals surface area contributed by atoms with Gasteiger partial charge >= 0.3 is 0 Å². The van der Waals surface area contributed by atoms with Crippen LogP contribution in [0.25, 0.3) is 0 Å². The number of carbonyl (C=O) groups excluding carboxylic acids is 1. The van der Waals surface area contributed by atoms with Gasteiger partial charge in [-0.15, -0.1) is 0 Å². The molecular formula is C13H16BrClN2O3S. The van der Waals surface area contributed by atoms with Crippen molar-refractivity contribution in [2.24, 2.45) is 5.14 Å². The van der Waals surface area contributed by atoms with E-state index in [1.807, 2.05) is 6.92 Å². The lowest BCUT2D eigenvalue weighted by Crippen LogP contribution is -2.53. The summed E-state index contributed by atoms with van der Waals surface area (Å²) < 4.78 is 23.3. The van der Waals surface area contributed by atoms with Gasteiger partial charge in [0.05, 0.1) is 14.4 Å². The number of carbonyl (C=O) groups is 1. The van der Waals surface area contributed by atoms with Gasteiger partial charge < -0.3 is 5.32 Å². The average Bonchev–Trinajstić information content (AvgIpc) is 2.35. The van der Waals surface area contributed by atoms with Crippen LogP contribution in [0.2, 0.25) is 5.02 Å². The fourth-order valence-electron chi connectivity index (χ4n) is 2.39. The average molecular weight is 396 g/mol. The topological polar surface area (TPSA) is 89.3 Å². The van der Waals surface area contributed by atoms with Gasteiger partial charge in [0, 0.05) is 11.1 Å². The van der Waals surface area contributed by atoms with E-state index >= 15 is 0 Å². The lowest BCUT2D eigenvalue weighted by Gasteiger charge is -2.42. The van der Waals surface area contributed by atoms with Crippen LogP contribution in [0.15, 0.2) is 21.5 Å². The van der Waals surface area contributed by atoms with Crippen LogP contribution in [0, 0.1) is 0 Å². The molecule has 5 nitrogen and oxygen atoms in total. The molecule has 1 aliphatic rings. The SMILES string of the molecule is CCC1(NC(=O)c2cc(Cl)c(Br)c(S(N)(=O)=O)c2)CCC1. The van der Waals surface area contributed by atoms with Crippen LogP contribution in [-0.4, -0.2) is 19.9 Å². The third-order valence-corrected chi connectivity index (χ3v) is 6.51. The standard InChI is InChI=1S/C13H16BrClN2O3S/c1-2-13(4-3-5-13)17-12(18)8-6-9(15)11(14)10(7-8)21(16,19)20/h6-7H,2-5H2,1H3,(H,17,18)(H2,16,19,20). The molecule has 0 aromatic heterocycles. The van der Waals surface area contributed by atoms with Crippen molar-refractivity contribution in [3.63, 3.8) is 0 Å². The van der Waals surface area contributed by atoms with E-state index < -0.39 is 10.0 Å². The number of amides is 1. The molecule has 3 N–H and O–H groups in total. The van der Waals surface area contributed by atoms with Crippen LogP contribution in [0.5, 0.6) is 0 Å². The van der Waals surface area contributed by atoms with Gasteiger partial charge in [0.2, 0.25) is 10.0 Å². The Balaban J connectivity index is 2.36. The van der Waals surface area contributed by atoms with Crippen molar-refractivity contribution in [1.82, 2.24) is 5.32 Å². The summed E-state index contributed by atoms with van der Waals surface area (Å²) in [6.07, 6.45) is 3.78. The van der Waals surface area contributed by atoms with Crippen molar-refractivity contribution in [3.8, 4) is 0 Å². The number of sulfonamides is 1. The van der Waals surface area contributed by atoms with Crippen molar-refractivity contribution < 1.29 is 13.2 Å². The van der Waals surface area contributed by atoms with Gasteiger partial charge in [-0.3, -0.25) is 4.79 Å². The summed E-state index contributed by atoms with van der Waals surface area (Å²) in [5.74, 6) is -0.337. The highest BCUT2D eigenvalue weighted by Gasteiger charge is 2.36. The molecule has 0 bridgehead atoms. The molecular weight excluding hydrogens is 380 g/mol. The van der Waals surface area contributed by atoms with Crippen molar-refractivity contribution in [2.45, 2.75) is 43.0 Å². The van der Waals surface area contributed by atoms with Gasteiger partial charge in [-0.2, -0.15) is 0 Å². The summed E-state index contributed by atoms with van der Waals surface area (Å²) in [7, 11) is -3.96. The molecule has 0 unspecified atom stereocenters. The molecule has 8 heteroatoms. The van der Waals surface area contributed by atoms with E-state index in [0.717, 1.165) is 25.7 Å². The normalized spacial score (nSPS) is 17.1. The van der Waals surface area contributed by atoms with Gasteiger partial charge in [-0.25, -0.2) is 13.6 Å². The lowest BCUT2D eigenvalue weighted by molar-refractivity contribution is 0.0820. The zero-order chi connectivity index (χ0) is 15.8. The Morgan fingerprint density at radius 1 is 1.48 bits per heavy atom. The largest absolute Gasteiger partial charge is 0.347 e. The minimum atomic E-state index is -3.96. The number of rotatable bonds is 4. The Morgan fingerprint density at radius 2 is 2.10 bits per heavy atom. The summed E-state index contributed by atoms with van der Waals surface area (Å²) in [5.41, 5.74) is 0.00483. The first-order chi connectivity index (χ1) is 9.68. The Hall–Kier alpha value is -0.630. The molecule has 1 fully saturated rings.